The van der Waals surface area contributed by atoms with E-state index in [1.165, 1.54) is 9.80 Å². The number of anilines is 1. The van der Waals surface area contributed by atoms with Crippen LogP contribution in [-0.4, -0.2) is 85.6 Å². The third kappa shape index (κ3) is 3.58. The highest BCUT2D eigenvalue weighted by atomic mass is 16.5. The zero-order valence-corrected chi connectivity index (χ0v) is 20.4. The summed E-state index contributed by atoms with van der Waals surface area (Å²) in [6.45, 7) is 5.56. The molecule has 2 aromatic carbocycles. The molecule has 9 nitrogen and oxygen atoms in total. The number of benzene rings is 2. The van der Waals surface area contributed by atoms with Gasteiger partial charge in [0.25, 0.3) is 17.6 Å². The van der Waals surface area contributed by atoms with Gasteiger partial charge in [0.05, 0.1) is 25.4 Å². The van der Waals surface area contributed by atoms with Crippen molar-refractivity contribution in [1.29, 1.82) is 0 Å². The summed E-state index contributed by atoms with van der Waals surface area (Å²) in [5.74, 6) is -1.89. The molecule has 2 aromatic rings. The number of likely N-dealkylation sites (tertiary alicyclic amines) is 1. The fraction of sp³-hybridized carbons (Fsp3) is 0.370. The summed E-state index contributed by atoms with van der Waals surface area (Å²) in [5.41, 5.74) is -0.525. The Hall–Kier alpha value is -3.69. The van der Waals surface area contributed by atoms with Crippen molar-refractivity contribution in [3.8, 4) is 5.75 Å². The average Bonchev–Trinajstić information content (AvgIpc) is 3.26. The van der Waals surface area contributed by atoms with E-state index in [1.54, 1.807) is 55.6 Å². The number of aliphatic hydroxyl groups is 1. The van der Waals surface area contributed by atoms with E-state index in [0.717, 1.165) is 0 Å². The van der Waals surface area contributed by atoms with Crippen molar-refractivity contribution in [1.82, 2.24) is 9.80 Å². The molecule has 2 saturated heterocycles. The minimum absolute atomic E-state index is 0.151. The maximum atomic E-state index is 14.0. The second-order valence-electron chi connectivity index (χ2n) is 9.01. The molecule has 9 heteroatoms. The fourth-order valence-corrected chi connectivity index (χ4v) is 5.36. The Labute approximate surface area is 209 Å². The molecular formula is C27H29N3O6. The topological polar surface area (TPSA) is 99.6 Å². The molecule has 0 aliphatic carbocycles. The van der Waals surface area contributed by atoms with E-state index >= 15 is 0 Å². The van der Waals surface area contributed by atoms with E-state index in [9.17, 15) is 19.5 Å². The lowest BCUT2D eigenvalue weighted by molar-refractivity contribution is -0.144. The van der Waals surface area contributed by atoms with Crippen molar-refractivity contribution in [3.63, 3.8) is 0 Å². The van der Waals surface area contributed by atoms with Gasteiger partial charge in [0.1, 0.15) is 11.5 Å². The standard InChI is InChI=1S/C27H29N3O6/c1-3-36-19-10-8-18(9-11-19)23(31)22-24(32)25(33)30(13-12-29-14-16-35-17-15-29)27(22)20-6-4-5-7-21(20)28(2)26(27)34/h4-11,31H,3,12-17H2,1-2H3. The average molecular weight is 492 g/mol. The number of fused-ring (bicyclic) bond motifs is 2. The number of Topliss-reactive ketones (excluding diaryl/α,β-unsaturated/α-hetero) is 1. The molecule has 0 saturated carbocycles. The first-order chi connectivity index (χ1) is 17.4. The number of ketones is 1. The molecule has 3 aliphatic rings. The van der Waals surface area contributed by atoms with E-state index in [1.807, 2.05) is 6.92 Å². The number of carbonyl (C=O) groups excluding carboxylic acids is 3. The second-order valence-corrected chi connectivity index (χ2v) is 9.01. The van der Waals surface area contributed by atoms with Crippen molar-refractivity contribution >= 4 is 29.0 Å². The first-order valence-corrected chi connectivity index (χ1v) is 12.1. The highest BCUT2D eigenvalue weighted by Crippen LogP contribution is 2.53. The molecule has 1 N–H and O–H groups in total. The highest BCUT2D eigenvalue weighted by Gasteiger charge is 2.66. The van der Waals surface area contributed by atoms with Crippen molar-refractivity contribution in [3.05, 3.63) is 65.2 Å². The summed E-state index contributed by atoms with van der Waals surface area (Å²) in [6, 6.07) is 13.7. The Balaban J connectivity index is 1.66. The quantitative estimate of drug-likeness (QED) is 0.375. The molecule has 1 spiro atoms. The number of nitrogens with zero attached hydrogens (tertiary/aromatic N) is 3. The third-order valence-electron chi connectivity index (χ3n) is 7.12. The van der Waals surface area contributed by atoms with Crippen molar-refractivity contribution in [2.75, 3.05) is 57.9 Å². The zero-order valence-electron chi connectivity index (χ0n) is 20.4. The minimum Gasteiger partial charge on any atom is -0.507 e. The number of ether oxygens (including phenoxy) is 2. The summed E-state index contributed by atoms with van der Waals surface area (Å²) in [7, 11) is 1.62. The summed E-state index contributed by atoms with van der Waals surface area (Å²) >= 11 is 0. The Morgan fingerprint density at radius 2 is 1.72 bits per heavy atom. The van der Waals surface area contributed by atoms with E-state index in [4.69, 9.17) is 9.47 Å². The number of likely N-dealkylation sites (N-methyl/N-ethyl adjacent to an activating group) is 1. The predicted molar refractivity (Wildman–Crippen MR) is 133 cm³/mol. The zero-order chi connectivity index (χ0) is 25.4. The van der Waals surface area contributed by atoms with E-state index in [0.29, 0.717) is 62.0 Å². The van der Waals surface area contributed by atoms with Crippen LogP contribution in [0.4, 0.5) is 5.69 Å². The second kappa shape index (κ2) is 9.40. The SMILES string of the molecule is CCOc1ccc(C(O)=C2C(=O)C(=O)N(CCN3CCOCC3)C23C(=O)N(C)c2ccccc23)cc1. The molecule has 36 heavy (non-hydrogen) atoms. The molecule has 3 aliphatic heterocycles. The first-order valence-electron chi connectivity index (χ1n) is 12.1. The van der Waals surface area contributed by atoms with E-state index in [2.05, 4.69) is 4.90 Å². The van der Waals surface area contributed by atoms with Gasteiger partial charge >= 0.3 is 0 Å². The van der Waals surface area contributed by atoms with E-state index in [-0.39, 0.29) is 17.9 Å². The van der Waals surface area contributed by atoms with Gasteiger partial charge in [-0.25, -0.2) is 0 Å². The molecule has 2 amide bonds. The van der Waals surface area contributed by atoms with Crippen molar-refractivity contribution < 1.29 is 29.0 Å². The predicted octanol–water partition coefficient (Wildman–Crippen LogP) is 1.97. The summed E-state index contributed by atoms with van der Waals surface area (Å²) in [6.07, 6.45) is 0. The monoisotopic (exact) mass is 491 g/mol. The van der Waals surface area contributed by atoms with Crippen molar-refractivity contribution in [2.45, 2.75) is 12.5 Å². The third-order valence-corrected chi connectivity index (χ3v) is 7.12. The van der Waals surface area contributed by atoms with Gasteiger partial charge in [-0.3, -0.25) is 19.3 Å². The summed E-state index contributed by atoms with van der Waals surface area (Å²) in [4.78, 5) is 46.0. The van der Waals surface area contributed by atoms with Gasteiger partial charge < -0.3 is 24.4 Å². The lowest BCUT2D eigenvalue weighted by atomic mass is 9.82. The molecule has 0 radical (unpaired) electrons. The number of amides is 2. The van der Waals surface area contributed by atoms with Crippen LogP contribution in [0.5, 0.6) is 5.75 Å². The van der Waals surface area contributed by atoms with Gasteiger partial charge in [0.2, 0.25) is 0 Å². The highest BCUT2D eigenvalue weighted by molar-refractivity contribution is 6.50. The fourth-order valence-electron chi connectivity index (χ4n) is 5.36. The van der Waals surface area contributed by atoms with Crippen LogP contribution in [-0.2, 0) is 24.7 Å². The van der Waals surface area contributed by atoms with E-state index < -0.39 is 23.1 Å². The maximum Gasteiger partial charge on any atom is 0.296 e. The summed E-state index contributed by atoms with van der Waals surface area (Å²) < 4.78 is 10.9. The first kappa shape index (κ1) is 24.0. The van der Waals surface area contributed by atoms with Crippen LogP contribution in [0, 0.1) is 0 Å². The lowest BCUT2D eigenvalue weighted by Crippen LogP contribution is -2.53. The number of morpholine rings is 1. The number of hydrogen-bond acceptors (Lipinski definition) is 7. The molecule has 188 valence electrons. The Morgan fingerprint density at radius 1 is 1.03 bits per heavy atom. The van der Waals surface area contributed by atoms with Gasteiger partial charge in [-0.05, 0) is 37.3 Å². The smallest absolute Gasteiger partial charge is 0.296 e. The lowest BCUT2D eigenvalue weighted by Gasteiger charge is -2.36. The van der Waals surface area contributed by atoms with Gasteiger partial charge in [0, 0.05) is 50.0 Å². The molecule has 1 unspecified atom stereocenters. The number of rotatable bonds is 6. The minimum atomic E-state index is -1.74. The number of para-hydroxylation sites is 1. The van der Waals surface area contributed by atoms with Crippen LogP contribution >= 0.6 is 0 Å². The normalized spacial score (nSPS) is 23.6. The number of aliphatic hydroxyl groups excluding tert-OH is 1. The molecule has 0 aromatic heterocycles. The molecule has 2 fully saturated rings. The van der Waals surface area contributed by atoms with Crippen LogP contribution in [0.3, 0.4) is 0 Å². The van der Waals surface area contributed by atoms with Crippen LogP contribution in [0.2, 0.25) is 0 Å². The van der Waals surface area contributed by atoms with Crippen LogP contribution in [0.1, 0.15) is 18.1 Å². The Kier molecular flexibility index (Phi) is 6.27. The Morgan fingerprint density at radius 3 is 2.42 bits per heavy atom. The molecular weight excluding hydrogens is 462 g/mol. The Bertz CT molecular complexity index is 1230. The molecule has 1 atom stereocenters. The van der Waals surface area contributed by atoms with Crippen LogP contribution < -0.4 is 9.64 Å². The number of carbonyl (C=O) groups is 3. The molecule has 3 heterocycles. The largest absolute Gasteiger partial charge is 0.507 e. The van der Waals surface area contributed by atoms with Crippen molar-refractivity contribution in [2.24, 2.45) is 0 Å². The van der Waals surface area contributed by atoms with Gasteiger partial charge in [0.15, 0.2) is 5.54 Å². The van der Waals surface area contributed by atoms with Crippen LogP contribution in [0.25, 0.3) is 5.76 Å². The number of hydrogen-bond donors (Lipinski definition) is 1. The van der Waals surface area contributed by atoms with Gasteiger partial charge in [-0.15, -0.1) is 0 Å². The van der Waals surface area contributed by atoms with Gasteiger partial charge in [-0.2, -0.15) is 0 Å². The molecule has 5 rings (SSSR count). The van der Waals surface area contributed by atoms with Crippen LogP contribution in [0.15, 0.2) is 54.1 Å². The maximum absolute atomic E-state index is 14.0. The molecule has 0 bridgehead atoms. The summed E-state index contributed by atoms with van der Waals surface area (Å²) in [5, 5.41) is 11.5. The van der Waals surface area contributed by atoms with Gasteiger partial charge in [-0.1, -0.05) is 18.2 Å².